The lowest BCUT2D eigenvalue weighted by Gasteiger charge is -2.38. The van der Waals surface area contributed by atoms with Gasteiger partial charge >= 0.3 is 0 Å². The lowest BCUT2D eigenvalue weighted by Crippen LogP contribution is -2.50. The van der Waals surface area contributed by atoms with E-state index in [2.05, 4.69) is 10.2 Å². The van der Waals surface area contributed by atoms with Crippen LogP contribution in [0.15, 0.2) is 53.5 Å². The fourth-order valence-corrected chi connectivity index (χ4v) is 4.73. The Kier molecular flexibility index (Phi) is 7.37. The number of rotatable bonds is 7. The van der Waals surface area contributed by atoms with E-state index in [0.29, 0.717) is 6.54 Å². The summed E-state index contributed by atoms with van der Waals surface area (Å²) in [6, 6.07) is 12.9. The Morgan fingerprint density at radius 2 is 1.69 bits per heavy atom. The fraction of sp³-hybridized carbons (Fsp3) is 0.480. The third kappa shape index (κ3) is 5.46. The van der Waals surface area contributed by atoms with Crippen LogP contribution in [-0.2, 0) is 17.9 Å². The average Bonchev–Trinajstić information content (AvgIpc) is 3.33. The van der Waals surface area contributed by atoms with Crippen LogP contribution in [0.25, 0.3) is 0 Å². The molecule has 1 N–H and O–H groups in total. The fourth-order valence-electron chi connectivity index (χ4n) is 4.73. The maximum Gasteiger partial charge on any atom is 0.263 e. The van der Waals surface area contributed by atoms with E-state index in [1.807, 2.05) is 35.2 Å². The molecule has 0 bridgehead atoms. The van der Waals surface area contributed by atoms with E-state index in [0.717, 1.165) is 51.0 Å². The SMILES string of the molecule is O=C(NCc1ccccc1)c1cccn(CC(=O)N2CCCC[C@H]2CN2CCCC2)c1=O. The number of nitrogens with zero attached hydrogens (tertiary/aromatic N) is 3. The topological polar surface area (TPSA) is 74.7 Å². The molecular weight excluding hydrogens is 404 g/mol. The zero-order valence-corrected chi connectivity index (χ0v) is 18.5. The van der Waals surface area contributed by atoms with E-state index in [-0.39, 0.29) is 24.1 Å². The van der Waals surface area contributed by atoms with Crippen LogP contribution in [0.2, 0.25) is 0 Å². The highest BCUT2D eigenvalue weighted by molar-refractivity contribution is 5.93. The molecule has 0 saturated carbocycles. The monoisotopic (exact) mass is 436 g/mol. The maximum absolute atomic E-state index is 13.1. The van der Waals surface area contributed by atoms with Gasteiger partial charge in [-0.25, -0.2) is 0 Å². The van der Waals surface area contributed by atoms with E-state index in [9.17, 15) is 14.4 Å². The number of likely N-dealkylation sites (tertiary alicyclic amines) is 2. The second-order valence-electron chi connectivity index (χ2n) is 8.77. The number of aromatic nitrogens is 1. The Hall–Kier alpha value is -2.93. The number of hydrogen-bond acceptors (Lipinski definition) is 4. The van der Waals surface area contributed by atoms with Crippen molar-refractivity contribution in [2.24, 2.45) is 0 Å². The van der Waals surface area contributed by atoms with Crippen LogP contribution >= 0.6 is 0 Å². The average molecular weight is 437 g/mol. The molecule has 0 unspecified atom stereocenters. The molecule has 2 fully saturated rings. The number of carbonyl (C=O) groups excluding carboxylic acids is 2. The van der Waals surface area contributed by atoms with Crippen molar-refractivity contribution < 1.29 is 9.59 Å². The number of amides is 2. The summed E-state index contributed by atoms with van der Waals surface area (Å²) in [5.74, 6) is -0.469. The van der Waals surface area contributed by atoms with Crippen LogP contribution in [0.1, 0.15) is 48.0 Å². The predicted molar refractivity (Wildman–Crippen MR) is 123 cm³/mol. The molecule has 32 heavy (non-hydrogen) atoms. The van der Waals surface area contributed by atoms with Crippen molar-refractivity contribution in [2.45, 2.75) is 51.2 Å². The first kappa shape index (κ1) is 22.3. The molecule has 4 rings (SSSR count). The first-order valence-corrected chi connectivity index (χ1v) is 11.7. The third-order valence-corrected chi connectivity index (χ3v) is 6.48. The summed E-state index contributed by atoms with van der Waals surface area (Å²) < 4.78 is 1.36. The van der Waals surface area contributed by atoms with Gasteiger partial charge in [0.2, 0.25) is 5.91 Å². The van der Waals surface area contributed by atoms with Gasteiger partial charge in [-0.2, -0.15) is 0 Å². The van der Waals surface area contributed by atoms with Crippen LogP contribution in [-0.4, -0.2) is 58.4 Å². The molecule has 3 heterocycles. The first-order chi connectivity index (χ1) is 15.6. The molecule has 0 radical (unpaired) electrons. The van der Waals surface area contributed by atoms with Crippen molar-refractivity contribution in [3.8, 4) is 0 Å². The standard InChI is InChI=1S/C25H32N4O3/c30-23(29-16-5-4-11-21(29)18-27-13-6-7-14-27)19-28-15-8-12-22(25(28)32)24(31)26-17-20-9-2-1-3-10-20/h1-3,8-10,12,15,21H,4-7,11,13-14,16-19H2,(H,26,31)/t21-/m0/s1. The minimum Gasteiger partial charge on any atom is -0.348 e. The van der Waals surface area contributed by atoms with Crippen molar-refractivity contribution in [3.63, 3.8) is 0 Å². The van der Waals surface area contributed by atoms with Gasteiger partial charge in [0, 0.05) is 31.9 Å². The van der Waals surface area contributed by atoms with Crippen LogP contribution in [0, 0.1) is 0 Å². The largest absolute Gasteiger partial charge is 0.348 e. The van der Waals surface area contributed by atoms with Crippen molar-refractivity contribution in [1.82, 2.24) is 19.7 Å². The number of nitrogens with one attached hydrogen (secondary N) is 1. The molecule has 170 valence electrons. The van der Waals surface area contributed by atoms with Gasteiger partial charge in [-0.15, -0.1) is 0 Å². The second-order valence-corrected chi connectivity index (χ2v) is 8.77. The Morgan fingerprint density at radius 1 is 0.938 bits per heavy atom. The minimum atomic E-state index is -0.431. The van der Waals surface area contributed by atoms with Gasteiger partial charge in [0.1, 0.15) is 12.1 Å². The molecule has 7 nitrogen and oxygen atoms in total. The van der Waals surface area contributed by atoms with Gasteiger partial charge in [0.25, 0.3) is 11.5 Å². The molecule has 7 heteroatoms. The summed E-state index contributed by atoms with van der Waals surface area (Å²) >= 11 is 0. The predicted octanol–water partition coefficient (Wildman–Crippen LogP) is 2.26. The highest BCUT2D eigenvalue weighted by Gasteiger charge is 2.29. The molecule has 2 aromatic rings. The van der Waals surface area contributed by atoms with E-state index in [1.165, 1.54) is 23.5 Å². The highest BCUT2D eigenvalue weighted by atomic mass is 16.2. The van der Waals surface area contributed by atoms with Gasteiger partial charge in [0.05, 0.1) is 0 Å². The Labute approximate surface area is 189 Å². The summed E-state index contributed by atoms with van der Waals surface area (Å²) in [5.41, 5.74) is 0.587. The second kappa shape index (κ2) is 10.6. The molecule has 2 amide bonds. The molecule has 0 spiro atoms. The molecule has 1 aromatic carbocycles. The molecule has 0 aliphatic carbocycles. The van der Waals surface area contributed by atoms with Crippen molar-refractivity contribution in [1.29, 1.82) is 0 Å². The number of carbonyl (C=O) groups is 2. The van der Waals surface area contributed by atoms with Gasteiger partial charge in [-0.05, 0) is 62.9 Å². The minimum absolute atomic E-state index is 0.0326. The van der Waals surface area contributed by atoms with Crippen molar-refractivity contribution in [2.75, 3.05) is 26.2 Å². The van der Waals surface area contributed by atoms with Gasteiger partial charge < -0.3 is 19.7 Å². The van der Waals surface area contributed by atoms with Gasteiger partial charge in [-0.3, -0.25) is 14.4 Å². The molecular formula is C25H32N4O3. The number of piperidine rings is 1. The third-order valence-electron chi connectivity index (χ3n) is 6.48. The summed E-state index contributed by atoms with van der Waals surface area (Å²) in [7, 11) is 0. The Bertz CT molecular complexity index is 982. The molecule has 2 aliphatic heterocycles. The van der Waals surface area contributed by atoms with Crippen LogP contribution in [0.5, 0.6) is 0 Å². The molecule has 2 saturated heterocycles. The highest BCUT2D eigenvalue weighted by Crippen LogP contribution is 2.20. The Morgan fingerprint density at radius 3 is 2.47 bits per heavy atom. The summed E-state index contributed by atoms with van der Waals surface area (Å²) in [6.07, 6.45) is 7.20. The molecule has 1 aromatic heterocycles. The smallest absolute Gasteiger partial charge is 0.263 e. The maximum atomic E-state index is 13.1. The summed E-state index contributed by atoms with van der Waals surface area (Å²) in [4.78, 5) is 43.1. The molecule has 1 atom stereocenters. The van der Waals surface area contributed by atoms with Crippen molar-refractivity contribution in [3.05, 3.63) is 70.1 Å². The normalized spacial score (nSPS) is 19.1. The lowest BCUT2D eigenvalue weighted by atomic mass is 10.0. The quantitative estimate of drug-likeness (QED) is 0.723. The number of pyridine rings is 1. The lowest BCUT2D eigenvalue weighted by molar-refractivity contribution is -0.136. The summed E-state index contributed by atoms with van der Waals surface area (Å²) in [5, 5.41) is 2.79. The van der Waals surface area contributed by atoms with Crippen LogP contribution in [0.4, 0.5) is 0 Å². The van der Waals surface area contributed by atoms with E-state index >= 15 is 0 Å². The van der Waals surface area contributed by atoms with Crippen molar-refractivity contribution >= 4 is 11.8 Å². The van der Waals surface area contributed by atoms with E-state index < -0.39 is 11.5 Å². The van der Waals surface area contributed by atoms with Gasteiger partial charge in [-0.1, -0.05) is 30.3 Å². The first-order valence-electron chi connectivity index (χ1n) is 11.7. The Balaban J connectivity index is 1.41. The number of hydrogen-bond donors (Lipinski definition) is 1. The van der Waals surface area contributed by atoms with E-state index in [1.54, 1.807) is 12.3 Å². The van der Waals surface area contributed by atoms with Crippen LogP contribution in [0.3, 0.4) is 0 Å². The summed E-state index contributed by atoms with van der Waals surface area (Å²) in [6.45, 7) is 4.19. The van der Waals surface area contributed by atoms with Crippen LogP contribution < -0.4 is 10.9 Å². The zero-order valence-electron chi connectivity index (χ0n) is 18.5. The number of benzene rings is 1. The van der Waals surface area contributed by atoms with Gasteiger partial charge in [0.15, 0.2) is 0 Å². The zero-order chi connectivity index (χ0) is 22.3. The molecule has 2 aliphatic rings. The van der Waals surface area contributed by atoms with E-state index in [4.69, 9.17) is 0 Å².